The highest BCUT2D eigenvalue weighted by Gasteiger charge is 2.04. The molecule has 0 atom stereocenters. The standard InChI is InChI=1S/C11H10O3/c1-7-3-4-10-8(5-7)9(12)6-11(13-2)14-10/h3-6H,1-2H3. The molecule has 0 fully saturated rings. The van der Waals surface area contributed by atoms with Crippen molar-refractivity contribution < 1.29 is 9.15 Å². The van der Waals surface area contributed by atoms with E-state index in [1.165, 1.54) is 13.2 Å². The summed E-state index contributed by atoms with van der Waals surface area (Å²) >= 11 is 0. The highest BCUT2D eigenvalue weighted by atomic mass is 16.6. The van der Waals surface area contributed by atoms with E-state index in [4.69, 9.17) is 9.15 Å². The van der Waals surface area contributed by atoms with Gasteiger partial charge in [0.05, 0.1) is 18.6 Å². The van der Waals surface area contributed by atoms with E-state index in [0.717, 1.165) is 5.56 Å². The Balaban J connectivity index is 2.83. The number of methoxy groups -OCH3 is 1. The summed E-state index contributed by atoms with van der Waals surface area (Å²) in [5.41, 5.74) is 1.52. The van der Waals surface area contributed by atoms with Gasteiger partial charge in [0.25, 0.3) is 5.95 Å². The second-order valence-electron chi connectivity index (χ2n) is 3.13. The third kappa shape index (κ3) is 1.37. The Labute approximate surface area is 80.9 Å². The van der Waals surface area contributed by atoms with Crippen LogP contribution in [0.3, 0.4) is 0 Å². The monoisotopic (exact) mass is 190 g/mol. The van der Waals surface area contributed by atoms with Crippen LogP contribution in [-0.2, 0) is 0 Å². The first kappa shape index (κ1) is 8.81. The van der Waals surface area contributed by atoms with Crippen molar-refractivity contribution in [1.82, 2.24) is 0 Å². The predicted octanol–water partition coefficient (Wildman–Crippen LogP) is 2.11. The summed E-state index contributed by atoms with van der Waals surface area (Å²) in [6.45, 7) is 1.93. The third-order valence-corrected chi connectivity index (χ3v) is 2.06. The Morgan fingerprint density at radius 2 is 2.07 bits per heavy atom. The van der Waals surface area contributed by atoms with Gasteiger partial charge in [-0.25, -0.2) is 0 Å². The summed E-state index contributed by atoms with van der Waals surface area (Å²) in [7, 11) is 1.47. The molecule has 0 spiro atoms. The van der Waals surface area contributed by atoms with Crippen molar-refractivity contribution in [1.29, 1.82) is 0 Å². The molecule has 2 rings (SSSR count). The molecule has 0 aliphatic heterocycles. The lowest BCUT2D eigenvalue weighted by atomic mass is 10.1. The minimum atomic E-state index is -0.0770. The molecule has 0 amide bonds. The largest absolute Gasteiger partial charge is 0.468 e. The fourth-order valence-electron chi connectivity index (χ4n) is 1.35. The van der Waals surface area contributed by atoms with E-state index < -0.39 is 0 Å². The van der Waals surface area contributed by atoms with Crippen LogP contribution >= 0.6 is 0 Å². The van der Waals surface area contributed by atoms with Crippen molar-refractivity contribution in [2.45, 2.75) is 6.92 Å². The van der Waals surface area contributed by atoms with Crippen molar-refractivity contribution in [3.05, 3.63) is 40.1 Å². The third-order valence-electron chi connectivity index (χ3n) is 2.06. The summed E-state index contributed by atoms with van der Waals surface area (Å²) in [6.07, 6.45) is 0. The number of rotatable bonds is 1. The van der Waals surface area contributed by atoms with Gasteiger partial charge in [0.2, 0.25) is 0 Å². The minimum absolute atomic E-state index is 0.0770. The van der Waals surface area contributed by atoms with Gasteiger partial charge in [-0.15, -0.1) is 0 Å². The zero-order chi connectivity index (χ0) is 10.1. The lowest BCUT2D eigenvalue weighted by molar-refractivity contribution is 0.310. The highest BCUT2D eigenvalue weighted by Crippen LogP contribution is 2.17. The van der Waals surface area contributed by atoms with Crippen LogP contribution in [0.2, 0.25) is 0 Å². The van der Waals surface area contributed by atoms with Gasteiger partial charge < -0.3 is 9.15 Å². The smallest absolute Gasteiger partial charge is 0.288 e. The van der Waals surface area contributed by atoms with Gasteiger partial charge in [-0.2, -0.15) is 0 Å². The van der Waals surface area contributed by atoms with E-state index in [9.17, 15) is 4.79 Å². The first-order valence-electron chi connectivity index (χ1n) is 4.29. The van der Waals surface area contributed by atoms with Gasteiger partial charge >= 0.3 is 0 Å². The lowest BCUT2D eigenvalue weighted by Crippen LogP contribution is -2.00. The molecule has 0 aliphatic carbocycles. The van der Waals surface area contributed by atoms with Gasteiger partial charge in [-0.3, -0.25) is 4.79 Å². The normalized spacial score (nSPS) is 10.4. The molecule has 2 aromatic rings. The van der Waals surface area contributed by atoms with Crippen LogP contribution in [0.1, 0.15) is 5.56 Å². The van der Waals surface area contributed by atoms with Gasteiger partial charge in [0.1, 0.15) is 5.58 Å². The summed E-state index contributed by atoms with van der Waals surface area (Å²) in [5.74, 6) is 0.242. The van der Waals surface area contributed by atoms with Crippen molar-refractivity contribution >= 4 is 11.0 Å². The van der Waals surface area contributed by atoms with E-state index in [0.29, 0.717) is 11.0 Å². The number of hydrogen-bond donors (Lipinski definition) is 0. The molecule has 0 unspecified atom stereocenters. The molecule has 0 saturated heterocycles. The molecule has 0 saturated carbocycles. The quantitative estimate of drug-likeness (QED) is 0.691. The molecule has 1 aromatic heterocycles. The van der Waals surface area contributed by atoms with Crippen LogP contribution in [-0.4, -0.2) is 7.11 Å². The Morgan fingerprint density at radius 1 is 1.29 bits per heavy atom. The molecule has 72 valence electrons. The maximum atomic E-state index is 11.6. The molecule has 1 heterocycles. The summed E-state index contributed by atoms with van der Waals surface area (Å²) in [6, 6.07) is 6.82. The van der Waals surface area contributed by atoms with Crippen LogP contribution in [0.4, 0.5) is 0 Å². The second kappa shape index (κ2) is 3.18. The molecule has 1 aromatic carbocycles. The summed E-state index contributed by atoms with van der Waals surface area (Å²) in [4.78, 5) is 11.6. The van der Waals surface area contributed by atoms with Gasteiger partial charge in [0.15, 0.2) is 5.43 Å². The van der Waals surface area contributed by atoms with E-state index in [2.05, 4.69) is 0 Å². The maximum Gasteiger partial charge on any atom is 0.288 e. The summed E-state index contributed by atoms with van der Waals surface area (Å²) in [5, 5.41) is 0.589. The van der Waals surface area contributed by atoms with E-state index in [1.54, 1.807) is 12.1 Å². The van der Waals surface area contributed by atoms with Crippen LogP contribution in [0.5, 0.6) is 5.95 Å². The molecule has 0 bridgehead atoms. The molecule has 0 radical (unpaired) electrons. The number of benzene rings is 1. The van der Waals surface area contributed by atoms with Crippen molar-refractivity contribution in [3.8, 4) is 5.95 Å². The Kier molecular flexibility index (Phi) is 2.00. The zero-order valence-corrected chi connectivity index (χ0v) is 8.03. The van der Waals surface area contributed by atoms with Crippen molar-refractivity contribution in [3.63, 3.8) is 0 Å². The average Bonchev–Trinajstić information content (AvgIpc) is 2.19. The maximum absolute atomic E-state index is 11.6. The van der Waals surface area contributed by atoms with Gasteiger partial charge in [0, 0.05) is 0 Å². The topological polar surface area (TPSA) is 39.4 Å². The van der Waals surface area contributed by atoms with Crippen molar-refractivity contribution in [2.24, 2.45) is 0 Å². The first-order valence-corrected chi connectivity index (χ1v) is 4.29. The fourth-order valence-corrected chi connectivity index (χ4v) is 1.35. The van der Waals surface area contributed by atoms with Crippen molar-refractivity contribution in [2.75, 3.05) is 7.11 Å². The molecule has 14 heavy (non-hydrogen) atoms. The van der Waals surface area contributed by atoms with Crippen LogP contribution in [0.15, 0.2) is 33.5 Å². The van der Waals surface area contributed by atoms with Gasteiger partial charge in [-0.05, 0) is 19.1 Å². The highest BCUT2D eigenvalue weighted by molar-refractivity contribution is 5.77. The Bertz CT molecular complexity index is 526. The van der Waals surface area contributed by atoms with E-state index in [1.807, 2.05) is 13.0 Å². The number of hydrogen-bond acceptors (Lipinski definition) is 3. The zero-order valence-electron chi connectivity index (χ0n) is 8.03. The molecular weight excluding hydrogens is 180 g/mol. The number of fused-ring (bicyclic) bond motifs is 1. The molecule has 0 N–H and O–H groups in total. The lowest BCUT2D eigenvalue weighted by Gasteiger charge is -2.01. The minimum Gasteiger partial charge on any atom is -0.468 e. The molecular formula is C11H10O3. The average molecular weight is 190 g/mol. The SMILES string of the molecule is COc1cc(=O)c2cc(C)ccc2o1. The number of ether oxygens (including phenoxy) is 1. The van der Waals surface area contributed by atoms with Gasteiger partial charge in [-0.1, -0.05) is 11.6 Å². The Hall–Kier alpha value is -1.77. The second-order valence-corrected chi connectivity index (χ2v) is 3.13. The Morgan fingerprint density at radius 3 is 2.79 bits per heavy atom. The van der Waals surface area contributed by atoms with E-state index >= 15 is 0 Å². The van der Waals surface area contributed by atoms with Crippen LogP contribution in [0.25, 0.3) is 11.0 Å². The predicted molar refractivity (Wildman–Crippen MR) is 53.8 cm³/mol. The first-order chi connectivity index (χ1) is 6.70. The number of aryl methyl sites for hydroxylation is 1. The molecule has 3 heteroatoms. The summed E-state index contributed by atoms with van der Waals surface area (Å²) < 4.78 is 10.2. The molecule has 0 aliphatic rings. The van der Waals surface area contributed by atoms with E-state index in [-0.39, 0.29) is 11.4 Å². The van der Waals surface area contributed by atoms with Crippen LogP contribution in [0, 0.1) is 6.92 Å². The fraction of sp³-hybridized carbons (Fsp3) is 0.182. The van der Waals surface area contributed by atoms with Crippen LogP contribution < -0.4 is 10.2 Å². The molecule has 3 nitrogen and oxygen atoms in total.